The highest BCUT2D eigenvalue weighted by atomic mass is 32.2. The van der Waals surface area contributed by atoms with E-state index in [0.717, 1.165) is 12.8 Å². The van der Waals surface area contributed by atoms with Crippen LogP contribution in [0.2, 0.25) is 0 Å². The van der Waals surface area contributed by atoms with Gasteiger partial charge in [-0.2, -0.15) is 11.8 Å². The number of nitrogens with two attached hydrogens (primary N) is 2. The van der Waals surface area contributed by atoms with E-state index < -0.39 is 42.0 Å². The Bertz CT molecular complexity index is 606. The average molecular weight is 446 g/mol. The molecule has 0 aromatic carbocycles. The third-order valence-corrected chi connectivity index (χ3v) is 5.74. The summed E-state index contributed by atoms with van der Waals surface area (Å²) in [4.78, 5) is 50.6. The molecule has 1 fully saturated rings. The summed E-state index contributed by atoms with van der Waals surface area (Å²) in [6, 6.07) is -3.30. The molecule has 1 aliphatic heterocycles. The zero-order valence-electron chi connectivity index (χ0n) is 17.8. The zero-order valence-corrected chi connectivity index (χ0v) is 18.6. The van der Waals surface area contributed by atoms with Crippen LogP contribution >= 0.6 is 11.8 Å². The van der Waals surface area contributed by atoms with Crippen molar-refractivity contribution in [1.29, 1.82) is 0 Å². The molecule has 1 aliphatic rings. The molecular formula is C19H35N5O5S. The summed E-state index contributed by atoms with van der Waals surface area (Å²) in [5.74, 6) is -1.79. The van der Waals surface area contributed by atoms with Crippen molar-refractivity contribution in [2.75, 3.05) is 25.1 Å². The van der Waals surface area contributed by atoms with Gasteiger partial charge >= 0.3 is 5.97 Å². The van der Waals surface area contributed by atoms with Crippen LogP contribution in [-0.2, 0) is 19.2 Å². The second kappa shape index (κ2) is 13.5. The van der Waals surface area contributed by atoms with Crippen molar-refractivity contribution in [3.63, 3.8) is 0 Å². The second-order valence-electron chi connectivity index (χ2n) is 7.49. The van der Waals surface area contributed by atoms with Crippen LogP contribution in [-0.4, -0.2) is 83.0 Å². The first-order chi connectivity index (χ1) is 14.2. The predicted octanol–water partition coefficient (Wildman–Crippen LogP) is -0.739. The molecule has 0 radical (unpaired) electrons. The van der Waals surface area contributed by atoms with E-state index in [1.54, 1.807) is 0 Å². The fourth-order valence-corrected chi connectivity index (χ4v) is 3.77. The molecule has 0 saturated carbocycles. The molecule has 4 atom stereocenters. The first-order valence-electron chi connectivity index (χ1n) is 10.3. The highest BCUT2D eigenvalue weighted by Crippen LogP contribution is 2.20. The molecule has 10 nitrogen and oxygen atoms in total. The van der Waals surface area contributed by atoms with Crippen molar-refractivity contribution in [2.24, 2.45) is 11.5 Å². The van der Waals surface area contributed by atoms with Crippen molar-refractivity contribution in [1.82, 2.24) is 15.5 Å². The maximum atomic E-state index is 12.9. The van der Waals surface area contributed by atoms with E-state index in [4.69, 9.17) is 16.6 Å². The highest BCUT2D eigenvalue weighted by Gasteiger charge is 2.37. The number of hydrogen-bond donors (Lipinski definition) is 5. The van der Waals surface area contributed by atoms with Crippen LogP contribution < -0.4 is 22.1 Å². The van der Waals surface area contributed by atoms with Gasteiger partial charge in [0.1, 0.15) is 18.1 Å². The van der Waals surface area contributed by atoms with Gasteiger partial charge in [0.25, 0.3) is 0 Å². The Kier molecular flexibility index (Phi) is 11.7. The van der Waals surface area contributed by atoms with Crippen molar-refractivity contribution in [3.8, 4) is 0 Å². The van der Waals surface area contributed by atoms with E-state index in [2.05, 4.69) is 10.6 Å². The fourth-order valence-electron chi connectivity index (χ4n) is 3.30. The lowest BCUT2D eigenvalue weighted by Gasteiger charge is -2.28. The van der Waals surface area contributed by atoms with Gasteiger partial charge in [0.05, 0.1) is 6.04 Å². The van der Waals surface area contributed by atoms with E-state index in [1.807, 2.05) is 6.26 Å². The number of amides is 3. The monoisotopic (exact) mass is 445 g/mol. The molecule has 0 aromatic heterocycles. The normalized spacial score (nSPS) is 19.1. The second-order valence-corrected chi connectivity index (χ2v) is 8.48. The molecule has 0 aromatic rings. The van der Waals surface area contributed by atoms with E-state index in [0.29, 0.717) is 44.5 Å². The summed E-state index contributed by atoms with van der Waals surface area (Å²) >= 11 is 1.51. The van der Waals surface area contributed by atoms with Crippen LogP contribution in [0.3, 0.4) is 0 Å². The third-order valence-electron chi connectivity index (χ3n) is 5.10. The minimum atomic E-state index is -1.16. The Hall–Kier alpha value is -1.85. The summed E-state index contributed by atoms with van der Waals surface area (Å²) in [7, 11) is 0. The maximum Gasteiger partial charge on any atom is 0.325 e. The average Bonchev–Trinajstić information content (AvgIpc) is 3.20. The minimum Gasteiger partial charge on any atom is -0.480 e. The molecule has 0 bridgehead atoms. The Morgan fingerprint density at radius 1 is 1.20 bits per heavy atom. The maximum absolute atomic E-state index is 12.9. The molecule has 3 amide bonds. The molecule has 1 rings (SSSR count). The first kappa shape index (κ1) is 26.2. The van der Waals surface area contributed by atoms with Crippen LogP contribution in [0.15, 0.2) is 0 Å². The zero-order chi connectivity index (χ0) is 22.7. The van der Waals surface area contributed by atoms with Crippen LogP contribution in [0.5, 0.6) is 0 Å². The van der Waals surface area contributed by atoms with Crippen LogP contribution in [0, 0.1) is 0 Å². The Morgan fingerprint density at radius 2 is 1.90 bits per heavy atom. The summed E-state index contributed by atoms with van der Waals surface area (Å²) < 4.78 is 0. The number of carbonyl (C=O) groups is 4. The number of aliphatic carboxylic acids is 1. The minimum absolute atomic E-state index is 0.269. The molecule has 1 saturated heterocycles. The number of hydrogen-bond acceptors (Lipinski definition) is 7. The van der Waals surface area contributed by atoms with Crippen LogP contribution in [0.1, 0.15) is 45.4 Å². The van der Waals surface area contributed by atoms with Crippen LogP contribution in [0.25, 0.3) is 0 Å². The van der Waals surface area contributed by atoms with E-state index in [9.17, 15) is 19.2 Å². The molecule has 11 heteroatoms. The SMILES string of the molecule is CSCCC(NC(=O)C1CCCN1C(=O)C(N)CCCCN)C(=O)NC(C)C(=O)O. The molecular weight excluding hydrogens is 410 g/mol. The molecule has 4 unspecified atom stereocenters. The largest absolute Gasteiger partial charge is 0.480 e. The number of unbranched alkanes of at least 4 members (excludes halogenated alkanes) is 1. The topological polar surface area (TPSA) is 168 Å². The van der Waals surface area contributed by atoms with Gasteiger partial charge in [-0.25, -0.2) is 0 Å². The lowest BCUT2D eigenvalue weighted by atomic mass is 10.1. The summed E-state index contributed by atoms with van der Waals surface area (Å²) in [6.45, 7) is 2.34. The summed E-state index contributed by atoms with van der Waals surface area (Å²) in [5, 5.41) is 14.1. The number of thioether (sulfide) groups is 1. The lowest BCUT2D eigenvalue weighted by Crippen LogP contribution is -2.56. The quantitative estimate of drug-likeness (QED) is 0.231. The van der Waals surface area contributed by atoms with Gasteiger partial charge in [0.2, 0.25) is 17.7 Å². The molecule has 7 N–H and O–H groups in total. The van der Waals surface area contributed by atoms with Crippen LogP contribution in [0.4, 0.5) is 0 Å². The first-order valence-corrected chi connectivity index (χ1v) is 11.7. The number of likely N-dealkylation sites (tertiary alicyclic amines) is 1. The molecule has 0 spiro atoms. The number of rotatable bonds is 13. The number of carboxylic acids is 1. The Balaban J connectivity index is 2.77. The summed E-state index contributed by atoms with van der Waals surface area (Å²) in [5.41, 5.74) is 11.5. The van der Waals surface area contributed by atoms with Gasteiger partial charge in [-0.3, -0.25) is 19.2 Å². The highest BCUT2D eigenvalue weighted by molar-refractivity contribution is 7.98. The van der Waals surface area contributed by atoms with E-state index in [1.165, 1.54) is 23.6 Å². The van der Waals surface area contributed by atoms with Crippen molar-refractivity contribution in [3.05, 3.63) is 0 Å². The van der Waals surface area contributed by atoms with Gasteiger partial charge in [0, 0.05) is 6.54 Å². The smallest absolute Gasteiger partial charge is 0.325 e. The molecule has 0 aliphatic carbocycles. The number of carboxylic acid groups (broad SMARTS) is 1. The van der Waals surface area contributed by atoms with Crippen molar-refractivity contribution in [2.45, 2.75) is 69.6 Å². The van der Waals surface area contributed by atoms with Gasteiger partial charge in [0.15, 0.2) is 0 Å². The number of carbonyl (C=O) groups excluding carboxylic acids is 3. The summed E-state index contributed by atoms with van der Waals surface area (Å²) in [6.07, 6.45) is 5.43. The van der Waals surface area contributed by atoms with E-state index >= 15 is 0 Å². The number of nitrogens with zero attached hydrogens (tertiary/aromatic N) is 1. The fraction of sp³-hybridized carbons (Fsp3) is 0.789. The molecule has 1 heterocycles. The molecule has 30 heavy (non-hydrogen) atoms. The van der Waals surface area contributed by atoms with Gasteiger partial charge in [-0.15, -0.1) is 0 Å². The number of nitrogens with one attached hydrogen (secondary N) is 2. The standard InChI is InChI=1S/C19H35N5O5S/c1-12(19(28)29)22-16(25)14(8-11-30-2)23-17(26)15-7-5-10-24(15)18(27)13(21)6-3-4-9-20/h12-15H,3-11,20-21H2,1-2H3,(H,22,25)(H,23,26)(H,28,29). The van der Waals surface area contributed by atoms with Crippen molar-refractivity contribution >= 4 is 35.5 Å². The van der Waals surface area contributed by atoms with Gasteiger partial charge in [-0.1, -0.05) is 6.42 Å². The molecule has 172 valence electrons. The van der Waals surface area contributed by atoms with Crippen molar-refractivity contribution < 1.29 is 24.3 Å². The predicted molar refractivity (Wildman–Crippen MR) is 116 cm³/mol. The third kappa shape index (κ3) is 8.11. The van der Waals surface area contributed by atoms with Gasteiger partial charge in [-0.05, 0) is 57.6 Å². The Morgan fingerprint density at radius 3 is 2.50 bits per heavy atom. The Labute approximate surface area is 181 Å². The van der Waals surface area contributed by atoms with Gasteiger partial charge < -0.3 is 32.1 Å². The van der Waals surface area contributed by atoms with E-state index in [-0.39, 0.29) is 5.91 Å². The lowest BCUT2D eigenvalue weighted by molar-refractivity contribution is -0.142.